The van der Waals surface area contributed by atoms with Crippen LogP contribution >= 0.6 is 0 Å². The average Bonchev–Trinajstić information content (AvgIpc) is 3.48. The molecule has 0 spiro atoms. The molecule has 4 atom stereocenters. The van der Waals surface area contributed by atoms with Crippen molar-refractivity contribution in [2.24, 2.45) is 0 Å². The van der Waals surface area contributed by atoms with E-state index in [9.17, 15) is 15.3 Å². The number of nitrogens with zero attached hydrogens (tertiary/aromatic N) is 6. The molecule has 0 amide bonds. The van der Waals surface area contributed by atoms with Crippen LogP contribution in [-0.2, 0) is 4.74 Å². The van der Waals surface area contributed by atoms with Gasteiger partial charge in [-0.2, -0.15) is 15.1 Å². The number of aliphatic hydroxyl groups is 3. The Bertz CT molecular complexity index is 1240. The van der Waals surface area contributed by atoms with Crippen molar-refractivity contribution in [3.05, 3.63) is 48.5 Å². The Morgan fingerprint density at radius 2 is 1.87 bits per heavy atom. The van der Waals surface area contributed by atoms with Crippen molar-refractivity contribution in [3.63, 3.8) is 0 Å². The van der Waals surface area contributed by atoms with Crippen LogP contribution in [0.5, 0.6) is 0 Å². The molecule has 11 nitrogen and oxygen atoms in total. The highest BCUT2D eigenvalue weighted by atomic mass is 16.6. The highest BCUT2D eigenvalue weighted by Gasteiger charge is 2.44. The van der Waals surface area contributed by atoms with Crippen LogP contribution in [0.25, 0.3) is 28.2 Å². The van der Waals surface area contributed by atoms with Gasteiger partial charge in [0, 0.05) is 11.8 Å². The zero-order valence-corrected chi connectivity index (χ0v) is 16.6. The molecular weight excluding hydrogens is 402 g/mol. The number of aryl methyl sites for hydroxylation is 1. The van der Waals surface area contributed by atoms with Crippen molar-refractivity contribution in [1.29, 1.82) is 0 Å². The van der Waals surface area contributed by atoms with Crippen molar-refractivity contribution in [2.45, 2.75) is 31.5 Å². The summed E-state index contributed by atoms with van der Waals surface area (Å²) in [6, 6.07) is 8.05. The summed E-state index contributed by atoms with van der Waals surface area (Å²) in [5.41, 5.74) is 9.79. The molecule has 0 aliphatic carbocycles. The lowest BCUT2D eigenvalue weighted by Gasteiger charge is -2.16. The first-order chi connectivity index (χ1) is 15.0. The van der Waals surface area contributed by atoms with E-state index in [1.165, 1.54) is 15.6 Å². The van der Waals surface area contributed by atoms with Crippen LogP contribution in [0.4, 0.5) is 5.82 Å². The fourth-order valence-electron chi connectivity index (χ4n) is 3.65. The Hall–Kier alpha value is -3.38. The Labute approximate surface area is 176 Å². The van der Waals surface area contributed by atoms with Gasteiger partial charge in [-0.15, -0.1) is 0 Å². The highest BCUT2D eigenvalue weighted by Crippen LogP contribution is 2.32. The average molecular weight is 423 g/mol. The first-order valence-corrected chi connectivity index (χ1v) is 9.71. The second-order valence-corrected chi connectivity index (χ2v) is 7.50. The van der Waals surface area contributed by atoms with Crippen molar-refractivity contribution in [1.82, 2.24) is 29.3 Å². The predicted molar refractivity (Wildman–Crippen MR) is 110 cm³/mol. The Morgan fingerprint density at radius 1 is 1.10 bits per heavy atom. The molecule has 0 saturated carbocycles. The van der Waals surface area contributed by atoms with E-state index in [1.54, 1.807) is 12.4 Å². The lowest BCUT2D eigenvalue weighted by molar-refractivity contribution is -0.0511. The van der Waals surface area contributed by atoms with Crippen molar-refractivity contribution in [3.8, 4) is 17.1 Å². The third kappa shape index (κ3) is 3.24. The topological polar surface area (TPSA) is 157 Å². The summed E-state index contributed by atoms with van der Waals surface area (Å²) in [6.07, 6.45) is 0.484. The number of aliphatic hydroxyl groups excluding tert-OH is 3. The summed E-state index contributed by atoms with van der Waals surface area (Å²) in [7, 11) is 0. The number of benzene rings is 1. The molecule has 0 bridgehead atoms. The minimum Gasteiger partial charge on any atom is -0.394 e. The van der Waals surface area contributed by atoms with Gasteiger partial charge in [0.1, 0.15) is 23.8 Å². The smallest absolute Gasteiger partial charge is 0.254 e. The molecule has 1 aliphatic heterocycles. The molecule has 1 aromatic carbocycles. The van der Waals surface area contributed by atoms with E-state index >= 15 is 0 Å². The van der Waals surface area contributed by atoms with Crippen LogP contribution in [0.2, 0.25) is 0 Å². The van der Waals surface area contributed by atoms with E-state index in [0.717, 1.165) is 16.7 Å². The SMILES string of the molecule is Cc1ccc(-c2cnn(-c3nc(N)c4ncn([C@@H]5O[C@H](CO)[C@@H](O)[C@H]5O)c4n3)c2)cc1. The number of rotatable bonds is 4. The monoisotopic (exact) mass is 423 g/mol. The van der Waals surface area contributed by atoms with Crippen LogP contribution in [0.3, 0.4) is 0 Å². The molecule has 1 aliphatic rings. The van der Waals surface area contributed by atoms with E-state index in [0.29, 0.717) is 11.2 Å². The Balaban J connectivity index is 1.54. The van der Waals surface area contributed by atoms with Gasteiger partial charge < -0.3 is 25.8 Å². The van der Waals surface area contributed by atoms with Gasteiger partial charge >= 0.3 is 0 Å². The summed E-state index contributed by atoms with van der Waals surface area (Å²) >= 11 is 0. The minimum absolute atomic E-state index is 0.137. The normalized spacial score (nSPS) is 23.6. The lowest BCUT2D eigenvalue weighted by Crippen LogP contribution is -2.33. The number of nitrogens with two attached hydrogens (primary N) is 1. The predicted octanol–water partition coefficient (Wildman–Crippen LogP) is 0.181. The summed E-state index contributed by atoms with van der Waals surface area (Å²) in [4.78, 5) is 13.0. The molecule has 4 aromatic rings. The summed E-state index contributed by atoms with van der Waals surface area (Å²) in [5.74, 6) is 0.356. The summed E-state index contributed by atoms with van der Waals surface area (Å²) < 4.78 is 8.56. The Morgan fingerprint density at radius 3 is 2.58 bits per heavy atom. The Kier molecular flexibility index (Phi) is 4.67. The molecule has 0 radical (unpaired) electrons. The minimum atomic E-state index is -1.27. The number of nitrogen functional groups attached to an aromatic ring is 1. The van der Waals surface area contributed by atoms with Gasteiger partial charge in [-0.3, -0.25) is 4.57 Å². The quantitative estimate of drug-likeness (QED) is 0.359. The van der Waals surface area contributed by atoms with Crippen LogP contribution in [0.1, 0.15) is 11.8 Å². The summed E-state index contributed by atoms with van der Waals surface area (Å²) in [6.45, 7) is 1.59. The maximum atomic E-state index is 10.4. The highest BCUT2D eigenvalue weighted by molar-refractivity contribution is 5.82. The van der Waals surface area contributed by atoms with Crippen LogP contribution in [-0.4, -0.2) is 69.5 Å². The summed E-state index contributed by atoms with van der Waals surface area (Å²) in [5, 5.41) is 34.1. The van der Waals surface area contributed by atoms with Crippen LogP contribution < -0.4 is 5.73 Å². The molecular formula is C20H21N7O4. The number of aromatic nitrogens is 6. The number of hydrogen-bond donors (Lipinski definition) is 4. The largest absolute Gasteiger partial charge is 0.394 e. The molecule has 11 heteroatoms. The van der Waals surface area contributed by atoms with Gasteiger partial charge in [0.2, 0.25) is 0 Å². The van der Waals surface area contributed by atoms with Gasteiger partial charge in [0.25, 0.3) is 5.95 Å². The third-order valence-electron chi connectivity index (χ3n) is 5.40. The van der Waals surface area contributed by atoms with Crippen molar-refractivity contribution >= 4 is 17.0 Å². The first-order valence-electron chi connectivity index (χ1n) is 9.71. The second-order valence-electron chi connectivity index (χ2n) is 7.50. The molecule has 4 heterocycles. The van der Waals surface area contributed by atoms with Crippen LogP contribution in [0, 0.1) is 6.92 Å². The third-order valence-corrected chi connectivity index (χ3v) is 5.40. The van der Waals surface area contributed by atoms with Crippen molar-refractivity contribution in [2.75, 3.05) is 12.3 Å². The van der Waals surface area contributed by atoms with E-state index in [1.807, 2.05) is 31.2 Å². The molecule has 1 fully saturated rings. The first kappa shape index (κ1) is 19.6. The fraction of sp³-hybridized carbons (Fsp3) is 0.300. The van der Waals surface area contributed by atoms with E-state index in [2.05, 4.69) is 20.1 Å². The zero-order valence-electron chi connectivity index (χ0n) is 16.6. The lowest BCUT2D eigenvalue weighted by atomic mass is 10.1. The molecule has 0 unspecified atom stereocenters. The molecule has 3 aromatic heterocycles. The maximum Gasteiger partial charge on any atom is 0.254 e. The van der Waals surface area contributed by atoms with E-state index < -0.39 is 31.1 Å². The van der Waals surface area contributed by atoms with Gasteiger partial charge in [-0.25, -0.2) is 9.67 Å². The standard InChI is InChI=1S/C20H21N7O4/c1-10-2-4-11(5-3-10)12-6-23-27(7-12)20-24-17(21)14-18(25-20)26(9-22-14)19-16(30)15(29)13(8-28)31-19/h2-7,9,13,15-16,19,28-30H,8H2,1H3,(H2,21,24,25)/t13-,15-,16-,19-/m1/s1. The van der Waals surface area contributed by atoms with E-state index in [4.69, 9.17) is 10.5 Å². The molecule has 160 valence electrons. The maximum absolute atomic E-state index is 10.4. The number of anilines is 1. The fourth-order valence-corrected chi connectivity index (χ4v) is 3.65. The number of fused-ring (bicyclic) bond motifs is 1. The molecule has 5 rings (SSSR count). The van der Waals surface area contributed by atoms with Gasteiger partial charge in [-0.1, -0.05) is 29.8 Å². The van der Waals surface area contributed by atoms with Crippen molar-refractivity contribution < 1.29 is 20.1 Å². The van der Waals surface area contributed by atoms with Gasteiger partial charge in [-0.05, 0) is 12.5 Å². The van der Waals surface area contributed by atoms with E-state index in [-0.39, 0.29) is 11.8 Å². The van der Waals surface area contributed by atoms with Gasteiger partial charge in [0.15, 0.2) is 17.7 Å². The number of hydrogen-bond acceptors (Lipinski definition) is 9. The zero-order chi connectivity index (χ0) is 21.7. The number of imidazole rings is 1. The van der Waals surface area contributed by atoms with Crippen LogP contribution in [0.15, 0.2) is 43.0 Å². The van der Waals surface area contributed by atoms with Gasteiger partial charge in [0.05, 0.1) is 19.1 Å². The molecule has 5 N–H and O–H groups in total. The second kappa shape index (κ2) is 7.39. The molecule has 31 heavy (non-hydrogen) atoms. The number of ether oxygens (including phenoxy) is 1. The molecule has 1 saturated heterocycles.